The molecule has 2 atom stereocenters. The van der Waals surface area contributed by atoms with Crippen LogP contribution in [0.25, 0.3) is 0 Å². The van der Waals surface area contributed by atoms with Gasteiger partial charge in [0.1, 0.15) is 13.2 Å². The van der Waals surface area contributed by atoms with Crippen LogP contribution in [0, 0.1) is 17.8 Å². The lowest BCUT2D eigenvalue weighted by Gasteiger charge is -2.18. The first-order valence-electron chi connectivity index (χ1n) is 34.6. The van der Waals surface area contributed by atoms with Gasteiger partial charge in [-0.25, -0.2) is 0 Å². The molecule has 76 heavy (non-hydrogen) atoms. The topological polar surface area (TPSA) is 78.9 Å². The molecule has 0 heterocycles. The molecule has 0 saturated carbocycles. The van der Waals surface area contributed by atoms with E-state index in [1.54, 1.807) is 0 Å². The molecule has 0 aromatic rings. The average Bonchev–Trinajstić information content (AvgIpc) is 3.40. The quantitative estimate of drug-likeness (QED) is 0.0343. The van der Waals surface area contributed by atoms with Gasteiger partial charge >= 0.3 is 17.9 Å². The van der Waals surface area contributed by atoms with E-state index in [1.165, 1.54) is 276 Å². The van der Waals surface area contributed by atoms with Crippen molar-refractivity contribution in [2.24, 2.45) is 17.8 Å². The van der Waals surface area contributed by atoms with E-state index >= 15 is 0 Å². The fourth-order valence-corrected chi connectivity index (χ4v) is 10.9. The molecule has 452 valence electrons. The van der Waals surface area contributed by atoms with Crippen molar-refractivity contribution in [3.63, 3.8) is 0 Å². The van der Waals surface area contributed by atoms with Crippen molar-refractivity contribution in [1.29, 1.82) is 0 Å². The normalized spacial score (nSPS) is 12.5. The summed E-state index contributed by atoms with van der Waals surface area (Å²) in [6, 6.07) is 0. The van der Waals surface area contributed by atoms with Gasteiger partial charge in [-0.1, -0.05) is 356 Å². The standard InChI is InChI=1S/C70H136O6/c1-7-66(6)58-52-46-40-34-28-22-15-10-8-9-11-17-25-31-37-43-49-55-61-70(73)76-67(63-75-69(72)60-54-48-42-36-30-24-19-18-21-27-33-39-45-51-57-65(4)5)62-74-68(71)59-53-47-41-35-29-23-16-13-12-14-20-26-32-38-44-50-56-64(2)3/h64-67H,7-63H2,1-6H3/t66?,67-/m0/s1. The van der Waals surface area contributed by atoms with E-state index in [-0.39, 0.29) is 31.1 Å². The first-order valence-corrected chi connectivity index (χ1v) is 34.6. The molecule has 0 spiro atoms. The van der Waals surface area contributed by atoms with Crippen LogP contribution in [0.2, 0.25) is 0 Å². The Bertz CT molecular complexity index is 1180. The van der Waals surface area contributed by atoms with Crippen molar-refractivity contribution in [1.82, 2.24) is 0 Å². The van der Waals surface area contributed by atoms with Gasteiger partial charge in [0.2, 0.25) is 0 Å². The van der Waals surface area contributed by atoms with Gasteiger partial charge in [0, 0.05) is 19.3 Å². The lowest BCUT2D eigenvalue weighted by molar-refractivity contribution is -0.167. The van der Waals surface area contributed by atoms with Crippen LogP contribution in [0.5, 0.6) is 0 Å². The van der Waals surface area contributed by atoms with Crippen molar-refractivity contribution in [3.8, 4) is 0 Å². The first kappa shape index (κ1) is 74.4. The van der Waals surface area contributed by atoms with Gasteiger partial charge in [0.25, 0.3) is 0 Å². The van der Waals surface area contributed by atoms with Crippen LogP contribution in [-0.4, -0.2) is 37.2 Å². The summed E-state index contributed by atoms with van der Waals surface area (Å²) in [5.74, 6) is 1.78. The third-order valence-corrected chi connectivity index (χ3v) is 16.5. The Kier molecular flexibility index (Phi) is 59.8. The van der Waals surface area contributed by atoms with Gasteiger partial charge in [0.15, 0.2) is 6.10 Å². The second-order valence-corrected chi connectivity index (χ2v) is 25.4. The lowest BCUT2D eigenvalue weighted by Crippen LogP contribution is -2.30. The van der Waals surface area contributed by atoms with Gasteiger partial charge in [-0.3, -0.25) is 14.4 Å². The number of hydrogen-bond acceptors (Lipinski definition) is 6. The summed E-state index contributed by atoms with van der Waals surface area (Å²) in [6.07, 6.45) is 68.2. The van der Waals surface area contributed by atoms with E-state index in [4.69, 9.17) is 14.2 Å². The second-order valence-electron chi connectivity index (χ2n) is 25.4. The van der Waals surface area contributed by atoms with Crippen molar-refractivity contribution >= 4 is 17.9 Å². The first-order chi connectivity index (χ1) is 37.1. The van der Waals surface area contributed by atoms with Crippen molar-refractivity contribution in [3.05, 3.63) is 0 Å². The number of carbonyl (C=O) groups excluding carboxylic acids is 3. The van der Waals surface area contributed by atoms with Gasteiger partial charge in [-0.05, 0) is 37.0 Å². The molecule has 6 nitrogen and oxygen atoms in total. The van der Waals surface area contributed by atoms with Crippen LogP contribution < -0.4 is 0 Å². The van der Waals surface area contributed by atoms with Crippen LogP contribution in [0.3, 0.4) is 0 Å². The molecule has 0 aliphatic rings. The highest BCUT2D eigenvalue weighted by atomic mass is 16.6. The molecule has 0 rings (SSSR count). The van der Waals surface area contributed by atoms with Gasteiger partial charge in [0.05, 0.1) is 0 Å². The van der Waals surface area contributed by atoms with Crippen LogP contribution in [0.1, 0.15) is 395 Å². The highest BCUT2D eigenvalue weighted by molar-refractivity contribution is 5.71. The molecular weight excluding hydrogens is 937 g/mol. The number of rotatable bonds is 63. The molecule has 0 fully saturated rings. The maximum absolute atomic E-state index is 13.0. The molecule has 0 amide bonds. The zero-order valence-corrected chi connectivity index (χ0v) is 52.6. The number of ether oxygens (including phenoxy) is 3. The van der Waals surface area contributed by atoms with Crippen molar-refractivity contribution < 1.29 is 28.6 Å². The molecule has 0 aliphatic heterocycles. The van der Waals surface area contributed by atoms with E-state index in [9.17, 15) is 14.4 Å². The van der Waals surface area contributed by atoms with Crippen LogP contribution in [0.15, 0.2) is 0 Å². The predicted octanol–water partition coefficient (Wildman–Crippen LogP) is 23.4. The van der Waals surface area contributed by atoms with E-state index < -0.39 is 6.10 Å². The molecule has 6 heteroatoms. The minimum absolute atomic E-state index is 0.0619. The average molecular weight is 1070 g/mol. The lowest BCUT2D eigenvalue weighted by atomic mass is 9.99. The van der Waals surface area contributed by atoms with E-state index in [2.05, 4.69) is 41.5 Å². The highest BCUT2D eigenvalue weighted by Gasteiger charge is 2.20. The Morgan fingerprint density at radius 3 is 0.684 bits per heavy atom. The summed E-state index contributed by atoms with van der Waals surface area (Å²) < 4.78 is 17.0. The smallest absolute Gasteiger partial charge is 0.306 e. The zero-order chi connectivity index (χ0) is 55.5. The van der Waals surface area contributed by atoms with Crippen LogP contribution in [-0.2, 0) is 28.6 Å². The maximum Gasteiger partial charge on any atom is 0.306 e. The molecule has 0 N–H and O–H groups in total. The summed E-state index contributed by atoms with van der Waals surface area (Å²) in [5, 5.41) is 0. The van der Waals surface area contributed by atoms with Crippen LogP contribution >= 0.6 is 0 Å². The SMILES string of the molecule is CCC(C)CCCCCCCCCCCCCCCCCCCCC(=O)O[C@@H](COC(=O)CCCCCCCCCCCCCCCCCCC(C)C)COC(=O)CCCCCCCCCCCCCCCCC(C)C. The summed E-state index contributed by atoms with van der Waals surface area (Å²) in [5.41, 5.74) is 0. The summed E-state index contributed by atoms with van der Waals surface area (Å²) in [4.78, 5) is 38.4. The molecule has 0 aliphatic carbocycles. The van der Waals surface area contributed by atoms with E-state index in [0.717, 1.165) is 75.5 Å². The summed E-state index contributed by atoms with van der Waals surface area (Å²) in [7, 11) is 0. The fraction of sp³-hybridized carbons (Fsp3) is 0.957. The molecule has 0 saturated heterocycles. The minimum Gasteiger partial charge on any atom is -0.462 e. The molecular formula is C70H136O6. The van der Waals surface area contributed by atoms with Gasteiger partial charge < -0.3 is 14.2 Å². The Morgan fingerprint density at radius 1 is 0.263 bits per heavy atom. The molecule has 0 radical (unpaired) electrons. The van der Waals surface area contributed by atoms with Crippen molar-refractivity contribution in [2.75, 3.05) is 13.2 Å². The number of unbranched alkanes of at least 4 members (excludes halogenated alkanes) is 45. The Labute approximate surface area is 476 Å². The maximum atomic E-state index is 13.0. The Balaban J connectivity index is 4.28. The highest BCUT2D eigenvalue weighted by Crippen LogP contribution is 2.20. The van der Waals surface area contributed by atoms with Gasteiger partial charge in [-0.2, -0.15) is 0 Å². The number of carbonyl (C=O) groups is 3. The monoisotopic (exact) mass is 1070 g/mol. The third kappa shape index (κ3) is 61.6. The number of hydrogen-bond donors (Lipinski definition) is 0. The molecule has 0 aromatic carbocycles. The molecule has 0 bridgehead atoms. The fourth-order valence-electron chi connectivity index (χ4n) is 10.9. The predicted molar refractivity (Wildman–Crippen MR) is 330 cm³/mol. The third-order valence-electron chi connectivity index (χ3n) is 16.5. The molecule has 0 aromatic heterocycles. The van der Waals surface area contributed by atoms with Crippen LogP contribution in [0.4, 0.5) is 0 Å². The Hall–Kier alpha value is -1.59. The summed E-state index contributed by atoms with van der Waals surface area (Å²) >= 11 is 0. The molecule has 1 unspecified atom stereocenters. The number of esters is 3. The Morgan fingerprint density at radius 2 is 0.461 bits per heavy atom. The van der Waals surface area contributed by atoms with E-state index in [1.807, 2.05) is 0 Å². The van der Waals surface area contributed by atoms with Crippen molar-refractivity contribution in [2.45, 2.75) is 401 Å². The van der Waals surface area contributed by atoms with E-state index in [0.29, 0.717) is 19.3 Å². The largest absolute Gasteiger partial charge is 0.462 e. The summed E-state index contributed by atoms with van der Waals surface area (Å²) in [6.45, 7) is 13.9. The van der Waals surface area contributed by atoms with Gasteiger partial charge in [-0.15, -0.1) is 0 Å². The second kappa shape index (κ2) is 61.0. The zero-order valence-electron chi connectivity index (χ0n) is 52.6. The minimum atomic E-state index is -0.765.